The van der Waals surface area contributed by atoms with Gasteiger partial charge in [0.05, 0.1) is 7.11 Å². The molecule has 0 spiro atoms. The van der Waals surface area contributed by atoms with Crippen LogP contribution in [0.15, 0.2) is 12.5 Å². The molecule has 10 heavy (non-hydrogen) atoms. The van der Waals surface area contributed by atoms with Crippen LogP contribution in [0.1, 0.15) is 5.56 Å². The van der Waals surface area contributed by atoms with Crippen molar-refractivity contribution in [3.8, 4) is 5.88 Å². The normalized spacial score (nSPS) is 9.40. The van der Waals surface area contributed by atoms with Gasteiger partial charge in [-0.2, -0.15) is 0 Å². The predicted molar refractivity (Wildman–Crippen MR) is 41.2 cm³/mol. The largest absolute Gasteiger partial charge is 0.481 e. The summed E-state index contributed by atoms with van der Waals surface area (Å²) >= 11 is 3.29. The Labute approximate surface area is 67.6 Å². The molecule has 0 aliphatic heterocycles. The van der Waals surface area contributed by atoms with E-state index in [1.165, 1.54) is 6.33 Å². The van der Waals surface area contributed by atoms with E-state index < -0.39 is 0 Å². The second kappa shape index (κ2) is 3.51. The lowest BCUT2D eigenvalue weighted by Crippen LogP contribution is -1.92. The first-order valence-corrected chi connectivity index (χ1v) is 3.89. The lowest BCUT2D eigenvalue weighted by molar-refractivity contribution is 0.393. The van der Waals surface area contributed by atoms with Crippen molar-refractivity contribution in [2.45, 2.75) is 5.33 Å². The zero-order chi connectivity index (χ0) is 7.40. The molecule has 0 saturated carbocycles. The molecule has 0 N–H and O–H groups in total. The minimum Gasteiger partial charge on any atom is -0.481 e. The maximum Gasteiger partial charge on any atom is 0.220 e. The van der Waals surface area contributed by atoms with Crippen LogP contribution in [0.5, 0.6) is 5.88 Å². The van der Waals surface area contributed by atoms with Gasteiger partial charge in [-0.1, -0.05) is 15.9 Å². The van der Waals surface area contributed by atoms with Crippen LogP contribution in [0.25, 0.3) is 0 Å². The first kappa shape index (κ1) is 7.47. The first-order valence-electron chi connectivity index (χ1n) is 2.77. The van der Waals surface area contributed by atoms with Crippen LogP contribution in [0.4, 0.5) is 0 Å². The van der Waals surface area contributed by atoms with Gasteiger partial charge in [-0.05, 0) is 0 Å². The van der Waals surface area contributed by atoms with Crippen molar-refractivity contribution in [2.75, 3.05) is 7.11 Å². The molecule has 0 aliphatic rings. The van der Waals surface area contributed by atoms with Crippen LogP contribution >= 0.6 is 15.9 Å². The van der Waals surface area contributed by atoms with E-state index in [0.717, 1.165) is 10.9 Å². The highest BCUT2D eigenvalue weighted by Gasteiger charge is 1.99. The van der Waals surface area contributed by atoms with E-state index in [9.17, 15) is 0 Å². The number of alkyl halides is 1. The molecule has 0 atom stereocenters. The first-order chi connectivity index (χ1) is 4.88. The highest BCUT2D eigenvalue weighted by molar-refractivity contribution is 9.08. The Bertz CT molecular complexity index is 194. The molecule has 54 valence electrons. The predicted octanol–water partition coefficient (Wildman–Crippen LogP) is 1.38. The molecule has 0 unspecified atom stereocenters. The van der Waals surface area contributed by atoms with Crippen LogP contribution in [-0.4, -0.2) is 17.1 Å². The van der Waals surface area contributed by atoms with Crippen LogP contribution in [0.3, 0.4) is 0 Å². The third-order valence-corrected chi connectivity index (χ3v) is 1.69. The molecule has 1 aromatic heterocycles. The van der Waals surface area contributed by atoms with Crippen LogP contribution in [-0.2, 0) is 5.33 Å². The molecule has 0 saturated heterocycles. The monoisotopic (exact) mass is 202 g/mol. The van der Waals surface area contributed by atoms with Crippen molar-refractivity contribution in [2.24, 2.45) is 0 Å². The quantitative estimate of drug-likeness (QED) is 0.681. The molecule has 1 rings (SSSR count). The standard InChI is InChI=1S/C6H7BrN2O/c1-10-6-5(2-7)3-8-4-9-6/h3-4H,2H2,1H3. The number of methoxy groups -OCH3 is 1. The summed E-state index contributed by atoms with van der Waals surface area (Å²) < 4.78 is 4.96. The van der Waals surface area contributed by atoms with E-state index in [2.05, 4.69) is 25.9 Å². The van der Waals surface area contributed by atoms with Gasteiger partial charge in [0.1, 0.15) is 6.33 Å². The number of halogens is 1. The minimum atomic E-state index is 0.631. The zero-order valence-corrected chi connectivity index (χ0v) is 7.13. The molecule has 1 aromatic rings. The summed E-state index contributed by atoms with van der Waals surface area (Å²) in [6.07, 6.45) is 3.19. The average molecular weight is 203 g/mol. The summed E-state index contributed by atoms with van der Waals surface area (Å²) in [5.41, 5.74) is 0.963. The Morgan fingerprint density at radius 1 is 1.70 bits per heavy atom. The Morgan fingerprint density at radius 2 is 2.50 bits per heavy atom. The number of ether oxygens (including phenoxy) is 1. The number of aromatic nitrogens is 2. The molecule has 0 aliphatic carbocycles. The van der Waals surface area contributed by atoms with Crippen molar-refractivity contribution >= 4 is 15.9 Å². The molecule has 0 amide bonds. The molecule has 1 heterocycles. The molecular formula is C6H7BrN2O. The molecule has 0 bridgehead atoms. The summed E-state index contributed by atoms with van der Waals surface area (Å²) in [4.78, 5) is 7.75. The highest BCUT2D eigenvalue weighted by atomic mass is 79.9. The summed E-state index contributed by atoms with van der Waals surface area (Å²) in [5, 5.41) is 0.719. The van der Waals surface area contributed by atoms with E-state index in [0.29, 0.717) is 5.88 Å². The van der Waals surface area contributed by atoms with Crippen LogP contribution in [0.2, 0.25) is 0 Å². The van der Waals surface area contributed by atoms with Crippen molar-refractivity contribution in [1.29, 1.82) is 0 Å². The maximum absolute atomic E-state index is 4.96. The Morgan fingerprint density at radius 3 is 3.00 bits per heavy atom. The molecule has 0 radical (unpaired) electrons. The highest BCUT2D eigenvalue weighted by Crippen LogP contribution is 2.14. The van der Waals surface area contributed by atoms with E-state index in [1.807, 2.05) is 0 Å². The molecule has 3 nitrogen and oxygen atoms in total. The van der Waals surface area contributed by atoms with Gasteiger partial charge in [0, 0.05) is 17.1 Å². The van der Waals surface area contributed by atoms with Gasteiger partial charge in [-0.25, -0.2) is 9.97 Å². The lowest BCUT2D eigenvalue weighted by Gasteiger charge is -2.00. The second-order valence-corrected chi connectivity index (χ2v) is 2.25. The van der Waals surface area contributed by atoms with E-state index >= 15 is 0 Å². The Kier molecular flexibility index (Phi) is 2.62. The fourth-order valence-corrected chi connectivity index (χ4v) is 1.01. The molecular weight excluding hydrogens is 196 g/mol. The van der Waals surface area contributed by atoms with Gasteiger partial charge < -0.3 is 4.74 Å². The van der Waals surface area contributed by atoms with E-state index in [-0.39, 0.29) is 0 Å². The van der Waals surface area contributed by atoms with Crippen molar-refractivity contribution in [3.63, 3.8) is 0 Å². The fourth-order valence-electron chi connectivity index (χ4n) is 0.623. The Balaban J connectivity index is 2.96. The SMILES string of the molecule is COc1ncncc1CBr. The average Bonchev–Trinajstić information content (AvgIpc) is 2.04. The van der Waals surface area contributed by atoms with Gasteiger partial charge >= 0.3 is 0 Å². The smallest absolute Gasteiger partial charge is 0.220 e. The van der Waals surface area contributed by atoms with Gasteiger partial charge in [0.15, 0.2) is 0 Å². The fraction of sp³-hybridized carbons (Fsp3) is 0.333. The van der Waals surface area contributed by atoms with Crippen LogP contribution < -0.4 is 4.74 Å². The summed E-state index contributed by atoms with van der Waals surface area (Å²) in [6.45, 7) is 0. The van der Waals surface area contributed by atoms with Crippen molar-refractivity contribution < 1.29 is 4.74 Å². The van der Waals surface area contributed by atoms with Crippen molar-refractivity contribution in [3.05, 3.63) is 18.1 Å². The van der Waals surface area contributed by atoms with Gasteiger partial charge in [-0.3, -0.25) is 0 Å². The molecule has 4 heteroatoms. The molecule has 0 aromatic carbocycles. The summed E-state index contributed by atoms with van der Waals surface area (Å²) in [6, 6.07) is 0. The Hall–Kier alpha value is -0.640. The van der Waals surface area contributed by atoms with Crippen LogP contribution in [0, 0.1) is 0 Å². The number of hydrogen-bond donors (Lipinski definition) is 0. The summed E-state index contributed by atoms with van der Waals surface area (Å²) in [5.74, 6) is 0.631. The van der Waals surface area contributed by atoms with Gasteiger partial charge in [0.25, 0.3) is 0 Å². The number of nitrogens with zero attached hydrogens (tertiary/aromatic N) is 2. The van der Waals surface area contributed by atoms with Gasteiger partial charge in [0.2, 0.25) is 5.88 Å². The maximum atomic E-state index is 4.96. The lowest BCUT2D eigenvalue weighted by atomic mass is 10.4. The van der Waals surface area contributed by atoms with E-state index in [4.69, 9.17) is 4.74 Å². The second-order valence-electron chi connectivity index (χ2n) is 1.69. The van der Waals surface area contributed by atoms with Crippen molar-refractivity contribution in [1.82, 2.24) is 9.97 Å². The third kappa shape index (κ3) is 1.44. The minimum absolute atomic E-state index is 0.631. The number of rotatable bonds is 2. The zero-order valence-electron chi connectivity index (χ0n) is 5.54. The van der Waals surface area contributed by atoms with Gasteiger partial charge in [-0.15, -0.1) is 0 Å². The molecule has 0 fully saturated rings. The topological polar surface area (TPSA) is 35.0 Å². The number of hydrogen-bond acceptors (Lipinski definition) is 3. The van der Waals surface area contributed by atoms with E-state index in [1.54, 1.807) is 13.3 Å². The third-order valence-electron chi connectivity index (χ3n) is 1.08. The summed E-state index contributed by atoms with van der Waals surface area (Å²) in [7, 11) is 1.59.